The fourth-order valence-corrected chi connectivity index (χ4v) is 2.64. The Kier molecular flexibility index (Phi) is 4.73. The number of benzene rings is 2. The first-order chi connectivity index (χ1) is 11.1. The third-order valence-corrected chi connectivity index (χ3v) is 3.82. The summed E-state index contributed by atoms with van der Waals surface area (Å²) in [5, 5.41) is 15.0. The van der Waals surface area contributed by atoms with Crippen LogP contribution in [0.5, 0.6) is 0 Å². The molecule has 0 fully saturated rings. The van der Waals surface area contributed by atoms with Crippen LogP contribution in [-0.2, 0) is 0 Å². The monoisotopic (exact) mass is 389 g/mol. The second kappa shape index (κ2) is 6.93. The van der Waals surface area contributed by atoms with Crippen LogP contribution in [0.15, 0.2) is 53.1 Å². The molecule has 23 heavy (non-hydrogen) atoms. The zero-order valence-electron chi connectivity index (χ0n) is 12.2. The Labute approximate surface area is 147 Å². The van der Waals surface area contributed by atoms with Crippen molar-refractivity contribution in [1.82, 2.24) is 15.2 Å². The number of aryl methyl sites for hydroxylation is 1. The van der Waals surface area contributed by atoms with E-state index in [9.17, 15) is 0 Å². The highest BCUT2D eigenvalue weighted by Crippen LogP contribution is 2.23. The number of aromatic nitrogens is 3. The van der Waals surface area contributed by atoms with E-state index in [1.165, 1.54) is 0 Å². The van der Waals surface area contributed by atoms with Crippen LogP contribution in [0.3, 0.4) is 0 Å². The zero-order valence-corrected chi connectivity index (χ0v) is 14.6. The van der Waals surface area contributed by atoms with Gasteiger partial charge in [-0.1, -0.05) is 33.6 Å². The summed E-state index contributed by atoms with van der Waals surface area (Å²) >= 11 is 9.40. The Morgan fingerprint density at radius 3 is 2.74 bits per heavy atom. The molecule has 0 aliphatic carbocycles. The summed E-state index contributed by atoms with van der Waals surface area (Å²) < 4.78 is 0.974. The van der Waals surface area contributed by atoms with Gasteiger partial charge in [-0.05, 0) is 48.9 Å². The van der Waals surface area contributed by atoms with Crippen molar-refractivity contribution in [3.63, 3.8) is 0 Å². The first kappa shape index (κ1) is 15.7. The van der Waals surface area contributed by atoms with Gasteiger partial charge < -0.3 is 10.6 Å². The van der Waals surface area contributed by atoms with Crippen molar-refractivity contribution in [2.75, 3.05) is 10.6 Å². The van der Waals surface area contributed by atoms with Gasteiger partial charge in [-0.25, -0.2) is 0 Å². The predicted octanol–water partition coefficient (Wildman–Crippen LogP) is 5.08. The molecule has 0 atom stereocenters. The van der Waals surface area contributed by atoms with Crippen LogP contribution in [0.25, 0.3) is 0 Å². The van der Waals surface area contributed by atoms with E-state index in [0.29, 0.717) is 16.8 Å². The quantitative estimate of drug-likeness (QED) is 0.650. The molecular formula is C16H13BrClN5. The topological polar surface area (TPSA) is 62.7 Å². The minimum absolute atomic E-state index is 0.416. The smallest absolute Gasteiger partial charge is 0.249 e. The maximum absolute atomic E-state index is 5.97. The molecule has 3 rings (SSSR count). The number of halogens is 2. The number of hydrogen-bond acceptors (Lipinski definition) is 5. The van der Waals surface area contributed by atoms with Gasteiger partial charge in [0.25, 0.3) is 0 Å². The molecule has 0 saturated carbocycles. The fraction of sp³-hybridized carbons (Fsp3) is 0.0625. The van der Waals surface area contributed by atoms with Gasteiger partial charge in [-0.2, -0.15) is 10.1 Å². The van der Waals surface area contributed by atoms with E-state index in [0.717, 1.165) is 21.4 Å². The average Bonchev–Trinajstić information content (AvgIpc) is 2.51. The van der Waals surface area contributed by atoms with Crippen LogP contribution in [0.4, 0.5) is 23.1 Å². The van der Waals surface area contributed by atoms with Crippen molar-refractivity contribution in [2.24, 2.45) is 0 Å². The molecule has 0 amide bonds. The maximum Gasteiger partial charge on any atom is 0.249 e. The van der Waals surface area contributed by atoms with Crippen LogP contribution >= 0.6 is 27.5 Å². The van der Waals surface area contributed by atoms with Crippen LogP contribution in [0.1, 0.15) is 5.56 Å². The highest BCUT2D eigenvalue weighted by Gasteiger charge is 2.04. The predicted molar refractivity (Wildman–Crippen MR) is 96.7 cm³/mol. The molecule has 5 nitrogen and oxygen atoms in total. The molecule has 0 radical (unpaired) electrons. The number of hydrogen-bond donors (Lipinski definition) is 2. The van der Waals surface area contributed by atoms with Gasteiger partial charge >= 0.3 is 0 Å². The van der Waals surface area contributed by atoms with Gasteiger partial charge in [0.15, 0.2) is 5.82 Å². The summed E-state index contributed by atoms with van der Waals surface area (Å²) in [4.78, 5) is 4.41. The molecule has 2 N–H and O–H groups in total. The lowest BCUT2D eigenvalue weighted by molar-refractivity contribution is 0.982. The van der Waals surface area contributed by atoms with Gasteiger partial charge in [0.05, 0.1) is 6.20 Å². The van der Waals surface area contributed by atoms with Crippen LogP contribution < -0.4 is 10.6 Å². The molecule has 1 aromatic heterocycles. The number of nitrogens with one attached hydrogen (secondary N) is 2. The number of anilines is 4. The Bertz CT molecular complexity index is 840. The molecule has 2 aromatic carbocycles. The minimum Gasteiger partial charge on any atom is -0.339 e. The molecule has 0 aliphatic rings. The molecular weight excluding hydrogens is 378 g/mol. The molecule has 0 aliphatic heterocycles. The minimum atomic E-state index is 0.416. The van der Waals surface area contributed by atoms with Gasteiger partial charge in [-0.3, -0.25) is 0 Å². The van der Waals surface area contributed by atoms with E-state index in [4.69, 9.17) is 11.6 Å². The third kappa shape index (κ3) is 4.18. The van der Waals surface area contributed by atoms with Gasteiger partial charge in [0.2, 0.25) is 5.95 Å². The summed E-state index contributed by atoms with van der Waals surface area (Å²) in [7, 11) is 0. The lowest BCUT2D eigenvalue weighted by atomic mass is 10.2. The summed E-state index contributed by atoms with van der Waals surface area (Å²) in [5.41, 5.74) is 2.82. The van der Waals surface area contributed by atoms with Crippen molar-refractivity contribution < 1.29 is 0 Å². The maximum atomic E-state index is 5.97. The van der Waals surface area contributed by atoms with Crippen molar-refractivity contribution in [3.05, 3.63) is 63.7 Å². The number of nitrogens with zero attached hydrogens (tertiary/aromatic N) is 3. The van der Waals surface area contributed by atoms with Gasteiger partial charge in [-0.15, -0.1) is 5.10 Å². The SMILES string of the molecule is Cc1cc(Cl)ccc1Nc1cnnc(Nc2cccc(Br)c2)n1. The fourth-order valence-electron chi connectivity index (χ4n) is 2.02. The Morgan fingerprint density at radius 1 is 1.09 bits per heavy atom. The van der Waals surface area contributed by atoms with Crippen molar-refractivity contribution in [1.29, 1.82) is 0 Å². The van der Waals surface area contributed by atoms with E-state index in [-0.39, 0.29) is 0 Å². The van der Waals surface area contributed by atoms with E-state index >= 15 is 0 Å². The molecule has 0 unspecified atom stereocenters. The van der Waals surface area contributed by atoms with Crippen molar-refractivity contribution in [2.45, 2.75) is 6.92 Å². The summed E-state index contributed by atoms with van der Waals surface area (Å²) in [6, 6.07) is 13.4. The number of rotatable bonds is 4. The average molecular weight is 391 g/mol. The van der Waals surface area contributed by atoms with Gasteiger partial charge in [0.1, 0.15) is 0 Å². The molecule has 1 heterocycles. The summed E-state index contributed by atoms with van der Waals surface area (Å²) in [5.74, 6) is 1.02. The van der Waals surface area contributed by atoms with E-state index in [1.54, 1.807) is 6.20 Å². The van der Waals surface area contributed by atoms with Crippen molar-refractivity contribution in [3.8, 4) is 0 Å². The largest absolute Gasteiger partial charge is 0.339 e. The second-order valence-electron chi connectivity index (χ2n) is 4.88. The lowest BCUT2D eigenvalue weighted by Gasteiger charge is -2.10. The molecule has 0 spiro atoms. The highest BCUT2D eigenvalue weighted by molar-refractivity contribution is 9.10. The summed E-state index contributed by atoms with van der Waals surface area (Å²) in [6.07, 6.45) is 1.57. The molecule has 0 saturated heterocycles. The van der Waals surface area contributed by atoms with E-state index in [1.807, 2.05) is 49.4 Å². The van der Waals surface area contributed by atoms with Crippen LogP contribution in [0, 0.1) is 6.92 Å². The zero-order chi connectivity index (χ0) is 16.2. The Hall–Kier alpha value is -2.18. The normalized spacial score (nSPS) is 10.4. The van der Waals surface area contributed by atoms with E-state index in [2.05, 4.69) is 41.7 Å². The van der Waals surface area contributed by atoms with Crippen LogP contribution in [0.2, 0.25) is 5.02 Å². The molecule has 7 heteroatoms. The molecule has 3 aromatic rings. The Morgan fingerprint density at radius 2 is 1.96 bits per heavy atom. The Balaban J connectivity index is 1.79. The molecule has 0 bridgehead atoms. The van der Waals surface area contributed by atoms with Crippen molar-refractivity contribution >= 4 is 50.7 Å². The first-order valence-electron chi connectivity index (χ1n) is 6.86. The van der Waals surface area contributed by atoms with E-state index < -0.39 is 0 Å². The third-order valence-electron chi connectivity index (χ3n) is 3.09. The first-order valence-corrected chi connectivity index (χ1v) is 8.03. The molecule has 116 valence electrons. The standard InChI is InChI=1S/C16H13BrClN5/c1-10-7-12(18)5-6-14(10)21-15-9-19-23-16(22-15)20-13-4-2-3-11(17)8-13/h2-9H,1H3,(H2,20,21,22,23). The second-order valence-corrected chi connectivity index (χ2v) is 6.24. The van der Waals surface area contributed by atoms with Crippen LogP contribution in [-0.4, -0.2) is 15.2 Å². The summed E-state index contributed by atoms with van der Waals surface area (Å²) in [6.45, 7) is 1.98. The van der Waals surface area contributed by atoms with Gasteiger partial charge in [0, 0.05) is 20.9 Å². The lowest BCUT2D eigenvalue weighted by Crippen LogP contribution is -2.03. The highest BCUT2D eigenvalue weighted by atomic mass is 79.9.